The molecule has 0 atom stereocenters. The van der Waals surface area contributed by atoms with Gasteiger partial charge < -0.3 is 8.83 Å². The SMILES string of the molecule is c1ccc(-c2nc3cccc(-c4c5ccccc5c(-c5cc6cc7ccccc7cc6o5)c5ccccc45)c3o2)cc1. The second-order valence-electron chi connectivity index (χ2n) is 10.7. The van der Waals surface area contributed by atoms with Crippen molar-refractivity contribution in [3.63, 3.8) is 0 Å². The summed E-state index contributed by atoms with van der Waals surface area (Å²) in [5, 5.41) is 8.03. The molecule has 3 heteroatoms. The van der Waals surface area contributed by atoms with Crippen molar-refractivity contribution in [1.29, 1.82) is 0 Å². The van der Waals surface area contributed by atoms with Crippen LogP contribution in [0.5, 0.6) is 0 Å². The third-order valence-electron chi connectivity index (χ3n) is 8.27. The van der Waals surface area contributed by atoms with E-state index in [1.807, 2.05) is 36.4 Å². The lowest BCUT2D eigenvalue weighted by Crippen LogP contribution is -1.90. The molecule has 0 spiro atoms. The van der Waals surface area contributed by atoms with E-state index in [2.05, 4.69) is 103 Å². The largest absolute Gasteiger partial charge is 0.456 e. The first-order valence-electron chi connectivity index (χ1n) is 14.1. The lowest BCUT2D eigenvalue weighted by atomic mass is 9.87. The van der Waals surface area contributed by atoms with Crippen LogP contribution in [0.4, 0.5) is 0 Å². The number of benzene rings is 7. The number of fused-ring (bicyclic) bond motifs is 5. The molecule has 196 valence electrons. The van der Waals surface area contributed by atoms with Crippen LogP contribution in [0.15, 0.2) is 148 Å². The molecular weight excluding hydrogens is 514 g/mol. The van der Waals surface area contributed by atoms with Gasteiger partial charge in [-0.15, -0.1) is 0 Å². The van der Waals surface area contributed by atoms with Crippen LogP contribution in [-0.4, -0.2) is 4.98 Å². The Labute approximate surface area is 241 Å². The van der Waals surface area contributed by atoms with Gasteiger partial charge in [0.05, 0.1) is 0 Å². The van der Waals surface area contributed by atoms with Gasteiger partial charge in [0.2, 0.25) is 5.89 Å². The van der Waals surface area contributed by atoms with Gasteiger partial charge in [-0.3, -0.25) is 0 Å². The molecule has 0 aliphatic carbocycles. The molecule has 3 nitrogen and oxygen atoms in total. The average molecular weight is 538 g/mol. The zero-order valence-electron chi connectivity index (χ0n) is 22.5. The highest BCUT2D eigenvalue weighted by atomic mass is 16.3. The summed E-state index contributed by atoms with van der Waals surface area (Å²) in [6.45, 7) is 0. The maximum absolute atomic E-state index is 6.62. The highest BCUT2D eigenvalue weighted by molar-refractivity contribution is 6.23. The lowest BCUT2D eigenvalue weighted by molar-refractivity contribution is 0.621. The predicted molar refractivity (Wildman–Crippen MR) is 173 cm³/mol. The zero-order valence-corrected chi connectivity index (χ0v) is 22.5. The molecule has 0 radical (unpaired) electrons. The number of hydrogen-bond acceptors (Lipinski definition) is 3. The predicted octanol–water partition coefficient (Wildman–Crippen LogP) is 11.0. The van der Waals surface area contributed by atoms with E-state index < -0.39 is 0 Å². The van der Waals surface area contributed by atoms with Crippen molar-refractivity contribution in [2.24, 2.45) is 0 Å². The molecule has 0 saturated carbocycles. The fraction of sp³-hybridized carbons (Fsp3) is 0. The fourth-order valence-electron chi connectivity index (χ4n) is 6.38. The van der Waals surface area contributed by atoms with Crippen LogP contribution < -0.4 is 0 Å². The van der Waals surface area contributed by atoms with E-state index in [1.165, 1.54) is 10.8 Å². The molecule has 0 fully saturated rings. The van der Waals surface area contributed by atoms with Gasteiger partial charge >= 0.3 is 0 Å². The van der Waals surface area contributed by atoms with Crippen molar-refractivity contribution < 1.29 is 8.83 Å². The van der Waals surface area contributed by atoms with Gasteiger partial charge in [0.15, 0.2) is 5.58 Å². The van der Waals surface area contributed by atoms with Crippen LogP contribution >= 0.6 is 0 Å². The first kappa shape index (κ1) is 23.1. The van der Waals surface area contributed by atoms with E-state index in [0.717, 1.165) is 71.6 Å². The van der Waals surface area contributed by atoms with Gasteiger partial charge in [0, 0.05) is 27.6 Å². The third kappa shape index (κ3) is 3.44. The minimum atomic E-state index is 0.623. The minimum absolute atomic E-state index is 0.623. The summed E-state index contributed by atoms with van der Waals surface area (Å²) >= 11 is 0. The van der Waals surface area contributed by atoms with Crippen molar-refractivity contribution in [3.8, 4) is 33.9 Å². The molecule has 0 aliphatic rings. The molecule has 0 aliphatic heterocycles. The van der Waals surface area contributed by atoms with Gasteiger partial charge in [0.1, 0.15) is 16.9 Å². The molecule has 2 aromatic heterocycles. The number of oxazole rings is 1. The molecule has 9 rings (SSSR count). The van der Waals surface area contributed by atoms with Gasteiger partial charge in [-0.1, -0.05) is 103 Å². The van der Waals surface area contributed by atoms with Crippen LogP contribution in [0.3, 0.4) is 0 Å². The Hall–Kier alpha value is -5.67. The molecule has 0 N–H and O–H groups in total. The maximum atomic E-state index is 6.62. The molecule has 0 amide bonds. The number of nitrogens with zero attached hydrogens (tertiary/aromatic N) is 1. The second-order valence-corrected chi connectivity index (χ2v) is 10.7. The van der Waals surface area contributed by atoms with Crippen LogP contribution in [0, 0.1) is 0 Å². The normalized spacial score (nSPS) is 11.8. The molecule has 7 aromatic carbocycles. The van der Waals surface area contributed by atoms with E-state index in [9.17, 15) is 0 Å². The Morgan fingerprint density at radius 3 is 1.79 bits per heavy atom. The standard InChI is InChI=1S/C39H23NO2/c1-2-11-24(12-3-1)39-40-33-20-10-19-32(38(33)42-39)36-28-15-6-8-17-30(28)37(31-18-9-7-16-29(31)36)35-23-27-21-25-13-4-5-14-26(25)22-34(27)41-35/h1-23H. The Kier molecular flexibility index (Phi) is 4.90. The molecule has 9 aromatic rings. The highest BCUT2D eigenvalue weighted by Crippen LogP contribution is 2.46. The summed E-state index contributed by atoms with van der Waals surface area (Å²) in [6, 6.07) is 48.4. The van der Waals surface area contributed by atoms with E-state index in [0.29, 0.717) is 5.89 Å². The molecule has 0 unspecified atom stereocenters. The summed E-state index contributed by atoms with van der Waals surface area (Å²) in [5.41, 5.74) is 6.73. The van der Waals surface area contributed by atoms with Crippen molar-refractivity contribution in [2.75, 3.05) is 0 Å². The van der Waals surface area contributed by atoms with Crippen LogP contribution in [0.25, 0.3) is 88.3 Å². The number of aromatic nitrogens is 1. The maximum Gasteiger partial charge on any atom is 0.227 e. The Morgan fingerprint density at radius 2 is 1.07 bits per heavy atom. The van der Waals surface area contributed by atoms with Gasteiger partial charge in [-0.2, -0.15) is 0 Å². The van der Waals surface area contributed by atoms with Gasteiger partial charge in [-0.25, -0.2) is 4.98 Å². The number of furan rings is 1. The Balaban J connectivity index is 1.35. The summed E-state index contributed by atoms with van der Waals surface area (Å²) in [4.78, 5) is 4.86. The van der Waals surface area contributed by atoms with E-state index in [1.54, 1.807) is 0 Å². The molecule has 0 bridgehead atoms. The van der Waals surface area contributed by atoms with Crippen LogP contribution in [0.1, 0.15) is 0 Å². The smallest absolute Gasteiger partial charge is 0.227 e. The molecule has 2 heterocycles. The molecule has 42 heavy (non-hydrogen) atoms. The Bertz CT molecular complexity index is 2360. The number of rotatable bonds is 3. The summed E-state index contributed by atoms with van der Waals surface area (Å²) < 4.78 is 13.1. The van der Waals surface area contributed by atoms with Gasteiger partial charge in [0.25, 0.3) is 0 Å². The minimum Gasteiger partial charge on any atom is -0.456 e. The molecule has 0 saturated heterocycles. The topological polar surface area (TPSA) is 39.2 Å². The van der Waals surface area contributed by atoms with Crippen molar-refractivity contribution in [1.82, 2.24) is 4.98 Å². The van der Waals surface area contributed by atoms with Gasteiger partial charge in [-0.05, 0) is 68.7 Å². The van der Waals surface area contributed by atoms with Crippen molar-refractivity contribution in [3.05, 3.63) is 140 Å². The first-order chi connectivity index (χ1) is 20.8. The quantitative estimate of drug-likeness (QED) is 0.210. The number of hydrogen-bond donors (Lipinski definition) is 0. The Morgan fingerprint density at radius 1 is 0.452 bits per heavy atom. The lowest BCUT2D eigenvalue weighted by Gasteiger charge is -2.16. The zero-order chi connectivity index (χ0) is 27.6. The van der Waals surface area contributed by atoms with E-state index >= 15 is 0 Å². The van der Waals surface area contributed by atoms with E-state index in [4.69, 9.17) is 13.8 Å². The summed E-state index contributed by atoms with van der Waals surface area (Å²) in [5.74, 6) is 1.49. The van der Waals surface area contributed by atoms with E-state index in [-0.39, 0.29) is 0 Å². The monoisotopic (exact) mass is 537 g/mol. The summed E-state index contributed by atoms with van der Waals surface area (Å²) in [6.07, 6.45) is 0. The van der Waals surface area contributed by atoms with Crippen molar-refractivity contribution in [2.45, 2.75) is 0 Å². The fourth-order valence-corrected chi connectivity index (χ4v) is 6.38. The van der Waals surface area contributed by atoms with Crippen LogP contribution in [0.2, 0.25) is 0 Å². The van der Waals surface area contributed by atoms with Crippen LogP contribution in [-0.2, 0) is 0 Å². The van der Waals surface area contributed by atoms with Crippen molar-refractivity contribution >= 4 is 54.4 Å². The molecular formula is C39H23NO2. The average Bonchev–Trinajstić information content (AvgIpc) is 3.67. The first-order valence-corrected chi connectivity index (χ1v) is 14.1. The number of para-hydroxylation sites is 1. The summed E-state index contributed by atoms with van der Waals surface area (Å²) in [7, 11) is 0. The highest BCUT2D eigenvalue weighted by Gasteiger charge is 2.21. The second kappa shape index (κ2) is 8.92. The third-order valence-corrected chi connectivity index (χ3v) is 8.27.